The summed E-state index contributed by atoms with van der Waals surface area (Å²) in [5.74, 6) is 1.46. The largest absolute Gasteiger partial charge is 0.497 e. The summed E-state index contributed by atoms with van der Waals surface area (Å²) in [5, 5.41) is 13.7. The Labute approximate surface area is 161 Å². The minimum atomic E-state index is -0.458. The molecule has 0 atom stereocenters. The number of furan rings is 1. The van der Waals surface area contributed by atoms with Gasteiger partial charge in [-0.3, -0.25) is 14.9 Å². The quantitative estimate of drug-likeness (QED) is 0.378. The van der Waals surface area contributed by atoms with E-state index < -0.39 is 4.92 Å². The summed E-state index contributed by atoms with van der Waals surface area (Å²) in [5.41, 5.74) is 1.54. The van der Waals surface area contributed by atoms with E-state index in [1.165, 1.54) is 18.2 Å². The highest BCUT2D eigenvalue weighted by atomic mass is 16.6. The van der Waals surface area contributed by atoms with Crippen LogP contribution >= 0.6 is 0 Å². The molecule has 7 heteroatoms. The number of non-ortho nitro benzene ring substituents is 1. The zero-order chi connectivity index (χ0) is 19.9. The van der Waals surface area contributed by atoms with E-state index in [1.54, 1.807) is 37.5 Å². The molecular weight excluding hydrogens is 360 g/mol. The summed E-state index contributed by atoms with van der Waals surface area (Å²) in [6.45, 7) is 0.393. The van der Waals surface area contributed by atoms with E-state index in [0.29, 0.717) is 23.6 Å². The molecule has 0 unspecified atom stereocenters. The first-order valence-corrected chi connectivity index (χ1v) is 8.48. The van der Waals surface area contributed by atoms with Crippen molar-refractivity contribution >= 4 is 17.7 Å². The van der Waals surface area contributed by atoms with E-state index in [4.69, 9.17) is 9.15 Å². The highest BCUT2D eigenvalue weighted by molar-refractivity contribution is 5.91. The van der Waals surface area contributed by atoms with E-state index in [2.05, 4.69) is 5.32 Å². The normalized spacial score (nSPS) is 10.8. The van der Waals surface area contributed by atoms with Crippen LogP contribution in [-0.4, -0.2) is 17.9 Å². The molecule has 28 heavy (non-hydrogen) atoms. The van der Waals surface area contributed by atoms with Crippen LogP contribution in [-0.2, 0) is 11.3 Å². The number of carbonyl (C=O) groups is 1. The van der Waals surface area contributed by atoms with Crippen molar-refractivity contribution in [2.45, 2.75) is 6.54 Å². The molecule has 3 aromatic rings. The van der Waals surface area contributed by atoms with Crippen LogP contribution in [0.3, 0.4) is 0 Å². The molecule has 0 radical (unpaired) electrons. The molecule has 0 saturated heterocycles. The predicted octanol–water partition coefficient (Wildman–Crippen LogP) is 4.19. The first kappa shape index (κ1) is 18.9. The Morgan fingerprint density at radius 3 is 2.68 bits per heavy atom. The van der Waals surface area contributed by atoms with Crippen molar-refractivity contribution in [1.82, 2.24) is 5.32 Å². The molecule has 1 N–H and O–H groups in total. The van der Waals surface area contributed by atoms with Gasteiger partial charge in [-0.25, -0.2) is 0 Å². The first-order valence-electron chi connectivity index (χ1n) is 8.48. The molecule has 142 valence electrons. The van der Waals surface area contributed by atoms with Crippen molar-refractivity contribution in [2.75, 3.05) is 7.11 Å². The maximum Gasteiger partial charge on any atom is 0.270 e. The smallest absolute Gasteiger partial charge is 0.270 e. The highest BCUT2D eigenvalue weighted by Gasteiger charge is 2.09. The molecular formula is C21H18N2O5. The van der Waals surface area contributed by atoms with Crippen LogP contribution in [0.15, 0.2) is 71.2 Å². The number of nitrogens with one attached hydrogen (secondary N) is 1. The van der Waals surface area contributed by atoms with Crippen LogP contribution in [0.2, 0.25) is 0 Å². The molecule has 0 aliphatic heterocycles. The van der Waals surface area contributed by atoms with Gasteiger partial charge in [0.25, 0.3) is 5.69 Å². The fourth-order valence-electron chi connectivity index (χ4n) is 2.52. The predicted molar refractivity (Wildman–Crippen MR) is 105 cm³/mol. The molecule has 0 fully saturated rings. The number of benzene rings is 2. The molecule has 0 bridgehead atoms. The highest BCUT2D eigenvalue weighted by Crippen LogP contribution is 2.26. The number of carbonyl (C=O) groups excluding carboxylic acids is 1. The zero-order valence-electron chi connectivity index (χ0n) is 15.1. The van der Waals surface area contributed by atoms with Gasteiger partial charge in [0.2, 0.25) is 5.91 Å². The lowest BCUT2D eigenvalue weighted by atomic mass is 10.1. The Bertz CT molecular complexity index is 1010. The molecule has 1 aromatic heterocycles. The number of methoxy groups -OCH3 is 1. The average molecular weight is 378 g/mol. The molecule has 1 amide bonds. The standard InChI is InChI=1S/C21H18N2O5/c1-27-18-7-5-15(6-8-18)14-22-21(24)12-10-19-9-11-20(28-19)16-3-2-4-17(13-16)23(25)26/h2-13H,14H2,1H3,(H,22,24)/b12-10+. The van der Waals surface area contributed by atoms with Gasteiger partial charge < -0.3 is 14.5 Å². The van der Waals surface area contributed by atoms with Crippen molar-refractivity contribution in [2.24, 2.45) is 0 Å². The lowest BCUT2D eigenvalue weighted by Crippen LogP contribution is -2.20. The minimum absolute atomic E-state index is 0.0103. The Morgan fingerprint density at radius 1 is 1.18 bits per heavy atom. The Kier molecular flexibility index (Phi) is 5.86. The van der Waals surface area contributed by atoms with Crippen LogP contribution in [0, 0.1) is 10.1 Å². The summed E-state index contributed by atoms with van der Waals surface area (Å²) in [6, 6.07) is 17.0. The van der Waals surface area contributed by atoms with E-state index >= 15 is 0 Å². The third-order valence-corrected chi connectivity index (χ3v) is 3.99. The van der Waals surface area contributed by atoms with Gasteiger partial charge in [-0.15, -0.1) is 0 Å². The number of ether oxygens (including phenoxy) is 1. The van der Waals surface area contributed by atoms with Gasteiger partial charge in [-0.1, -0.05) is 24.3 Å². The van der Waals surface area contributed by atoms with E-state index in [9.17, 15) is 14.9 Å². The third kappa shape index (κ3) is 4.85. The van der Waals surface area contributed by atoms with Gasteiger partial charge in [0.05, 0.1) is 12.0 Å². The van der Waals surface area contributed by atoms with Crippen molar-refractivity contribution in [3.05, 3.63) is 88.2 Å². The fourth-order valence-corrected chi connectivity index (χ4v) is 2.52. The number of nitro groups is 1. The second-order valence-corrected chi connectivity index (χ2v) is 5.91. The van der Waals surface area contributed by atoms with E-state index in [1.807, 2.05) is 24.3 Å². The summed E-state index contributed by atoms with van der Waals surface area (Å²) >= 11 is 0. The SMILES string of the molecule is COc1ccc(CNC(=O)/C=C/c2ccc(-c3cccc([N+](=O)[O-])c3)o2)cc1. The molecule has 3 rings (SSSR count). The molecule has 0 aliphatic rings. The van der Waals surface area contributed by atoms with Crippen molar-refractivity contribution in [3.63, 3.8) is 0 Å². The van der Waals surface area contributed by atoms with Crippen molar-refractivity contribution in [1.29, 1.82) is 0 Å². The summed E-state index contributed by atoms with van der Waals surface area (Å²) in [7, 11) is 1.60. The average Bonchev–Trinajstić information content (AvgIpc) is 3.20. The van der Waals surface area contributed by atoms with Crippen LogP contribution in [0.4, 0.5) is 5.69 Å². The lowest BCUT2D eigenvalue weighted by Gasteiger charge is -2.04. The maximum absolute atomic E-state index is 12.0. The fraction of sp³-hybridized carbons (Fsp3) is 0.0952. The van der Waals surface area contributed by atoms with Gasteiger partial charge in [-0.05, 0) is 35.9 Å². The summed E-state index contributed by atoms with van der Waals surface area (Å²) in [4.78, 5) is 22.4. The second-order valence-electron chi connectivity index (χ2n) is 5.91. The summed E-state index contributed by atoms with van der Waals surface area (Å²) < 4.78 is 10.7. The Hall–Kier alpha value is -3.87. The monoisotopic (exact) mass is 378 g/mol. The lowest BCUT2D eigenvalue weighted by molar-refractivity contribution is -0.384. The topological polar surface area (TPSA) is 94.6 Å². The van der Waals surface area contributed by atoms with Crippen LogP contribution in [0.5, 0.6) is 5.75 Å². The minimum Gasteiger partial charge on any atom is -0.497 e. The Morgan fingerprint density at radius 2 is 1.96 bits per heavy atom. The van der Waals surface area contributed by atoms with Gasteiger partial charge >= 0.3 is 0 Å². The van der Waals surface area contributed by atoms with E-state index in [-0.39, 0.29) is 11.6 Å². The van der Waals surface area contributed by atoms with Gasteiger partial charge in [0.1, 0.15) is 17.3 Å². The van der Waals surface area contributed by atoms with Crippen molar-refractivity contribution in [3.8, 4) is 17.1 Å². The van der Waals surface area contributed by atoms with Gasteiger partial charge in [-0.2, -0.15) is 0 Å². The molecule has 2 aromatic carbocycles. The molecule has 0 saturated carbocycles. The zero-order valence-corrected chi connectivity index (χ0v) is 15.1. The second kappa shape index (κ2) is 8.68. The number of nitrogens with zero attached hydrogens (tertiary/aromatic N) is 1. The molecule has 7 nitrogen and oxygen atoms in total. The third-order valence-electron chi connectivity index (χ3n) is 3.99. The number of hydrogen-bond acceptors (Lipinski definition) is 5. The maximum atomic E-state index is 12.0. The van der Waals surface area contributed by atoms with E-state index in [0.717, 1.165) is 11.3 Å². The van der Waals surface area contributed by atoms with Crippen LogP contribution in [0.25, 0.3) is 17.4 Å². The van der Waals surface area contributed by atoms with Crippen LogP contribution in [0.1, 0.15) is 11.3 Å². The van der Waals surface area contributed by atoms with Crippen LogP contribution < -0.4 is 10.1 Å². The first-order chi connectivity index (χ1) is 13.5. The molecule has 0 aliphatic carbocycles. The molecule has 1 heterocycles. The van der Waals surface area contributed by atoms with Gasteiger partial charge in [0, 0.05) is 30.3 Å². The van der Waals surface area contributed by atoms with Crippen molar-refractivity contribution < 1.29 is 18.9 Å². The molecule has 0 spiro atoms. The number of hydrogen-bond donors (Lipinski definition) is 1. The number of rotatable bonds is 7. The van der Waals surface area contributed by atoms with Gasteiger partial charge in [0.15, 0.2) is 0 Å². The summed E-state index contributed by atoms with van der Waals surface area (Å²) in [6.07, 6.45) is 2.92. The Balaban J connectivity index is 1.59. The number of amides is 1. The number of nitro benzene ring substituents is 1.